The standard InChI is InChI=1S/C19H31N3O/c1-6-18(23)21-16-8-7-14(2)17(13-16)20-15-9-11-22(12-10-15)19(3,4)5/h7-8,13,15,20H,6,9-12H2,1-5H3,(H,21,23). The molecule has 1 saturated heterocycles. The quantitative estimate of drug-likeness (QED) is 0.881. The second kappa shape index (κ2) is 7.35. The van der Waals surface area contributed by atoms with Crippen molar-refractivity contribution >= 4 is 17.3 Å². The Morgan fingerprint density at radius 1 is 1.26 bits per heavy atom. The summed E-state index contributed by atoms with van der Waals surface area (Å²) in [5.74, 6) is 0.0540. The van der Waals surface area contributed by atoms with Gasteiger partial charge in [0, 0.05) is 42.5 Å². The minimum Gasteiger partial charge on any atom is -0.382 e. The second-order valence-corrected chi connectivity index (χ2v) is 7.51. The molecule has 0 radical (unpaired) electrons. The number of carbonyl (C=O) groups is 1. The predicted octanol–water partition coefficient (Wildman–Crippen LogP) is 4.02. The maximum Gasteiger partial charge on any atom is 0.224 e. The van der Waals surface area contributed by atoms with Crippen molar-refractivity contribution in [1.29, 1.82) is 0 Å². The highest BCUT2D eigenvalue weighted by Crippen LogP contribution is 2.26. The molecule has 1 amide bonds. The van der Waals surface area contributed by atoms with Gasteiger partial charge in [0.25, 0.3) is 0 Å². The SMILES string of the molecule is CCC(=O)Nc1ccc(C)c(NC2CCN(C(C)(C)C)CC2)c1. The van der Waals surface area contributed by atoms with Crippen LogP contribution in [0.1, 0.15) is 52.5 Å². The van der Waals surface area contributed by atoms with Crippen LogP contribution >= 0.6 is 0 Å². The molecule has 2 rings (SSSR count). The van der Waals surface area contributed by atoms with E-state index in [4.69, 9.17) is 0 Å². The molecule has 1 aromatic rings. The summed E-state index contributed by atoms with van der Waals surface area (Å²) in [5.41, 5.74) is 3.48. The maximum atomic E-state index is 11.6. The van der Waals surface area contributed by atoms with Crippen molar-refractivity contribution in [3.05, 3.63) is 23.8 Å². The van der Waals surface area contributed by atoms with Crippen molar-refractivity contribution in [3.63, 3.8) is 0 Å². The molecule has 128 valence electrons. The normalized spacial score (nSPS) is 17.1. The number of likely N-dealkylation sites (tertiary alicyclic amines) is 1. The molecule has 0 atom stereocenters. The minimum absolute atomic E-state index is 0.0540. The van der Waals surface area contributed by atoms with Gasteiger partial charge >= 0.3 is 0 Å². The Balaban J connectivity index is 1.98. The average molecular weight is 317 g/mol. The molecule has 2 N–H and O–H groups in total. The van der Waals surface area contributed by atoms with Crippen LogP contribution < -0.4 is 10.6 Å². The molecule has 4 nitrogen and oxygen atoms in total. The lowest BCUT2D eigenvalue weighted by Crippen LogP contribution is -2.48. The van der Waals surface area contributed by atoms with E-state index in [1.807, 2.05) is 13.0 Å². The van der Waals surface area contributed by atoms with Gasteiger partial charge in [-0.3, -0.25) is 9.69 Å². The van der Waals surface area contributed by atoms with Crippen molar-refractivity contribution < 1.29 is 4.79 Å². The summed E-state index contributed by atoms with van der Waals surface area (Å²) in [7, 11) is 0. The zero-order valence-corrected chi connectivity index (χ0v) is 15.2. The summed E-state index contributed by atoms with van der Waals surface area (Å²) in [4.78, 5) is 14.1. The largest absolute Gasteiger partial charge is 0.382 e. The number of hydrogen-bond donors (Lipinski definition) is 2. The van der Waals surface area contributed by atoms with Crippen LogP contribution in [-0.2, 0) is 4.79 Å². The zero-order valence-electron chi connectivity index (χ0n) is 15.2. The first-order chi connectivity index (χ1) is 10.8. The van der Waals surface area contributed by atoms with E-state index in [-0.39, 0.29) is 11.4 Å². The number of nitrogens with zero attached hydrogens (tertiary/aromatic N) is 1. The van der Waals surface area contributed by atoms with E-state index in [2.05, 4.69) is 55.4 Å². The van der Waals surface area contributed by atoms with Crippen molar-refractivity contribution in [1.82, 2.24) is 4.90 Å². The van der Waals surface area contributed by atoms with E-state index in [1.54, 1.807) is 0 Å². The lowest BCUT2D eigenvalue weighted by atomic mass is 9.97. The fourth-order valence-electron chi connectivity index (χ4n) is 3.02. The molecule has 1 aliphatic heterocycles. The lowest BCUT2D eigenvalue weighted by Gasteiger charge is -2.41. The smallest absolute Gasteiger partial charge is 0.224 e. The molecular formula is C19H31N3O. The molecule has 1 heterocycles. The van der Waals surface area contributed by atoms with E-state index >= 15 is 0 Å². The van der Waals surface area contributed by atoms with Crippen LogP contribution in [0.3, 0.4) is 0 Å². The van der Waals surface area contributed by atoms with E-state index < -0.39 is 0 Å². The minimum atomic E-state index is 0.0540. The summed E-state index contributed by atoms with van der Waals surface area (Å²) in [6, 6.07) is 6.59. The topological polar surface area (TPSA) is 44.4 Å². The number of benzene rings is 1. The summed E-state index contributed by atoms with van der Waals surface area (Å²) < 4.78 is 0. The van der Waals surface area contributed by atoms with Gasteiger partial charge in [-0.25, -0.2) is 0 Å². The molecule has 1 fully saturated rings. The predicted molar refractivity (Wildman–Crippen MR) is 98.1 cm³/mol. The number of piperidine rings is 1. The Morgan fingerprint density at radius 3 is 2.48 bits per heavy atom. The van der Waals surface area contributed by atoms with Gasteiger partial charge in [0.05, 0.1) is 0 Å². The first-order valence-electron chi connectivity index (χ1n) is 8.71. The third kappa shape index (κ3) is 4.96. The first kappa shape index (κ1) is 17.8. The number of anilines is 2. The van der Waals surface area contributed by atoms with Crippen molar-refractivity contribution in [2.45, 2.75) is 65.5 Å². The summed E-state index contributed by atoms with van der Waals surface area (Å²) in [6.45, 7) is 13.1. The molecular weight excluding hydrogens is 286 g/mol. The van der Waals surface area contributed by atoms with Crippen LogP contribution in [0.15, 0.2) is 18.2 Å². The number of nitrogens with one attached hydrogen (secondary N) is 2. The molecule has 0 saturated carbocycles. The molecule has 23 heavy (non-hydrogen) atoms. The van der Waals surface area contributed by atoms with Crippen molar-refractivity contribution in [2.75, 3.05) is 23.7 Å². The van der Waals surface area contributed by atoms with Crippen LogP contribution in [0.2, 0.25) is 0 Å². The Morgan fingerprint density at radius 2 is 1.91 bits per heavy atom. The van der Waals surface area contributed by atoms with Crippen LogP contribution in [0, 0.1) is 6.92 Å². The van der Waals surface area contributed by atoms with Gasteiger partial charge in [-0.05, 0) is 58.2 Å². The molecule has 0 bridgehead atoms. The number of hydrogen-bond acceptors (Lipinski definition) is 3. The molecule has 1 aliphatic rings. The van der Waals surface area contributed by atoms with E-state index in [1.165, 1.54) is 5.56 Å². The number of carbonyl (C=O) groups excluding carboxylic acids is 1. The van der Waals surface area contributed by atoms with E-state index in [9.17, 15) is 4.79 Å². The highest BCUT2D eigenvalue weighted by atomic mass is 16.1. The van der Waals surface area contributed by atoms with Gasteiger partial charge in [-0.15, -0.1) is 0 Å². The van der Waals surface area contributed by atoms with E-state index in [0.717, 1.165) is 37.3 Å². The highest BCUT2D eigenvalue weighted by molar-refractivity contribution is 5.91. The Kier molecular flexibility index (Phi) is 5.69. The number of amides is 1. The maximum absolute atomic E-state index is 11.6. The fourth-order valence-corrected chi connectivity index (χ4v) is 3.02. The van der Waals surface area contributed by atoms with Crippen LogP contribution in [0.5, 0.6) is 0 Å². The highest BCUT2D eigenvalue weighted by Gasteiger charge is 2.26. The fraction of sp³-hybridized carbons (Fsp3) is 0.632. The summed E-state index contributed by atoms with van der Waals surface area (Å²) in [6.07, 6.45) is 2.81. The van der Waals surface area contributed by atoms with Gasteiger partial charge in [0.1, 0.15) is 0 Å². The molecule has 4 heteroatoms. The van der Waals surface area contributed by atoms with Crippen LogP contribution in [-0.4, -0.2) is 35.5 Å². The summed E-state index contributed by atoms with van der Waals surface area (Å²) in [5, 5.41) is 6.61. The van der Waals surface area contributed by atoms with Crippen molar-refractivity contribution in [3.8, 4) is 0 Å². The average Bonchev–Trinajstić information content (AvgIpc) is 2.50. The Hall–Kier alpha value is -1.55. The lowest BCUT2D eigenvalue weighted by molar-refractivity contribution is -0.115. The van der Waals surface area contributed by atoms with Gasteiger partial charge in [-0.2, -0.15) is 0 Å². The summed E-state index contributed by atoms with van der Waals surface area (Å²) >= 11 is 0. The van der Waals surface area contributed by atoms with Gasteiger partial charge < -0.3 is 10.6 Å². The first-order valence-corrected chi connectivity index (χ1v) is 8.71. The second-order valence-electron chi connectivity index (χ2n) is 7.51. The zero-order chi connectivity index (χ0) is 17.0. The Labute approximate surface area is 140 Å². The van der Waals surface area contributed by atoms with Gasteiger partial charge in [-0.1, -0.05) is 13.0 Å². The molecule has 1 aromatic carbocycles. The molecule has 0 aliphatic carbocycles. The van der Waals surface area contributed by atoms with Crippen molar-refractivity contribution in [2.24, 2.45) is 0 Å². The van der Waals surface area contributed by atoms with Crippen LogP contribution in [0.4, 0.5) is 11.4 Å². The number of aryl methyl sites for hydroxylation is 1. The third-order valence-corrected chi connectivity index (χ3v) is 4.65. The number of rotatable bonds is 4. The Bertz CT molecular complexity index is 540. The van der Waals surface area contributed by atoms with Crippen LogP contribution in [0.25, 0.3) is 0 Å². The molecule has 0 aromatic heterocycles. The molecule has 0 unspecified atom stereocenters. The monoisotopic (exact) mass is 317 g/mol. The molecule has 0 spiro atoms. The van der Waals surface area contributed by atoms with Gasteiger partial charge in [0.15, 0.2) is 0 Å². The van der Waals surface area contributed by atoms with Gasteiger partial charge in [0.2, 0.25) is 5.91 Å². The third-order valence-electron chi connectivity index (χ3n) is 4.65. The van der Waals surface area contributed by atoms with E-state index in [0.29, 0.717) is 12.5 Å².